The van der Waals surface area contributed by atoms with Crippen LogP contribution >= 0.6 is 0 Å². The van der Waals surface area contributed by atoms with E-state index in [0.717, 1.165) is 17.8 Å². The van der Waals surface area contributed by atoms with Gasteiger partial charge in [0, 0.05) is 24.6 Å². The highest BCUT2D eigenvalue weighted by molar-refractivity contribution is 6.04. The molecule has 1 heterocycles. The number of rotatable bonds is 5. The molecule has 2 aromatic rings. The maximum atomic E-state index is 12.1. The van der Waals surface area contributed by atoms with Gasteiger partial charge in [-0.1, -0.05) is 32.0 Å². The molecule has 0 bridgehead atoms. The molecule has 0 radical (unpaired) electrons. The van der Waals surface area contributed by atoms with Crippen LogP contribution in [0.5, 0.6) is 0 Å². The molecule has 2 rings (SSSR count). The number of carbonyl (C=O) groups excluding carboxylic acids is 1. The van der Waals surface area contributed by atoms with Gasteiger partial charge in [-0.05, 0) is 24.5 Å². The third kappa shape index (κ3) is 4.27. The summed E-state index contributed by atoms with van der Waals surface area (Å²) in [6, 6.07) is 7.64. The molecule has 0 saturated carbocycles. The normalized spacial score (nSPS) is 10.5. The summed E-state index contributed by atoms with van der Waals surface area (Å²) in [6.45, 7) is 6.97. The molecule has 0 aliphatic heterocycles. The van der Waals surface area contributed by atoms with Gasteiger partial charge < -0.3 is 10.6 Å². The second-order valence-corrected chi connectivity index (χ2v) is 5.34. The first-order valence-corrected chi connectivity index (χ1v) is 6.99. The highest BCUT2D eigenvalue weighted by Crippen LogP contribution is 2.14. The number of amides is 1. The van der Waals surface area contributed by atoms with Gasteiger partial charge >= 0.3 is 0 Å². The van der Waals surface area contributed by atoms with Crippen LogP contribution in [0.4, 0.5) is 11.6 Å². The Kier molecular flexibility index (Phi) is 4.87. The zero-order chi connectivity index (χ0) is 15.2. The maximum Gasteiger partial charge on any atom is 0.258 e. The SMILES string of the molecule is Cc1ccccc1NC(=O)c1cnc(NCC(C)C)nc1. The number of hydrogen-bond acceptors (Lipinski definition) is 4. The minimum atomic E-state index is -0.209. The highest BCUT2D eigenvalue weighted by atomic mass is 16.1. The first-order valence-electron chi connectivity index (χ1n) is 6.99. The zero-order valence-corrected chi connectivity index (χ0v) is 12.6. The summed E-state index contributed by atoms with van der Waals surface area (Å²) < 4.78 is 0. The summed E-state index contributed by atoms with van der Waals surface area (Å²) in [5.74, 6) is 0.841. The van der Waals surface area contributed by atoms with Crippen LogP contribution in [-0.4, -0.2) is 22.4 Å². The van der Waals surface area contributed by atoms with Crippen LogP contribution in [0.3, 0.4) is 0 Å². The number of para-hydroxylation sites is 1. The van der Waals surface area contributed by atoms with Gasteiger partial charge in [0.2, 0.25) is 5.95 Å². The molecule has 1 amide bonds. The van der Waals surface area contributed by atoms with Gasteiger partial charge in [-0.25, -0.2) is 9.97 Å². The Morgan fingerprint density at radius 3 is 2.48 bits per heavy atom. The number of aryl methyl sites for hydroxylation is 1. The predicted molar refractivity (Wildman–Crippen MR) is 84.5 cm³/mol. The average Bonchev–Trinajstić information content (AvgIpc) is 2.48. The molecule has 0 atom stereocenters. The number of carbonyl (C=O) groups is 1. The summed E-state index contributed by atoms with van der Waals surface area (Å²) in [7, 11) is 0. The van der Waals surface area contributed by atoms with Gasteiger partial charge in [0.05, 0.1) is 5.56 Å². The zero-order valence-electron chi connectivity index (χ0n) is 12.6. The molecule has 0 saturated heterocycles. The fourth-order valence-electron chi connectivity index (χ4n) is 1.74. The lowest BCUT2D eigenvalue weighted by molar-refractivity contribution is 0.102. The topological polar surface area (TPSA) is 66.9 Å². The van der Waals surface area contributed by atoms with Crippen molar-refractivity contribution in [3.8, 4) is 0 Å². The summed E-state index contributed by atoms with van der Waals surface area (Å²) >= 11 is 0. The minimum absolute atomic E-state index is 0.209. The average molecular weight is 284 g/mol. The van der Waals surface area contributed by atoms with Gasteiger partial charge in [-0.15, -0.1) is 0 Å². The van der Waals surface area contributed by atoms with Crippen LogP contribution < -0.4 is 10.6 Å². The molecule has 1 aromatic carbocycles. The first-order chi connectivity index (χ1) is 10.1. The lowest BCUT2D eigenvalue weighted by atomic mass is 10.2. The molecule has 0 fully saturated rings. The number of nitrogens with zero attached hydrogens (tertiary/aromatic N) is 2. The van der Waals surface area contributed by atoms with E-state index in [-0.39, 0.29) is 5.91 Å². The molecule has 0 unspecified atom stereocenters. The van der Waals surface area contributed by atoms with E-state index in [1.54, 1.807) is 0 Å². The Hall–Kier alpha value is -2.43. The van der Waals surface area contributed by atoms with Crippen molar-refractivity contribution in [3.63, 3.8) is 0 Å². The quantitative estimate of drug-likeness (QED) is 0.885. The third-order valence-corrected chi connectivity index (χ3v) is 2.98. The van der Waals surface area contributed by atoms with E-state index in [4.69, 9.17) is 0 Å². The van der Waals surface area contributed by atoms with Crippen molar-refractivity contribution in [3.05, 3.63) is 47.8 Å². The molecule has 110 valence electrons. The Morgan fingerprint density at radius 1 is 1.19 bits per heavy atom. The molecule has 0 aliphatic rings. The Bertz CT molecular complexity index is 608. The van der Waals surface area contributed by atoms with Crippen LogP contribution in [0.25, 0.3) is 0 Å². The lowest BCUT2D eigenvalue weighted by Crippen LogP contribution is -2.15. The molecule has 21 heavy (non-hydrogen) atoms. The largest absolute Gasteiger partial charge is 0.354 e. The van der Waals surface area contributed by atoms with Crippen LogP contribution in [0.1, 0.15) is 29.8 Å². The minimum Gasteiger partial charge on any atom is -0.354 e. The van der Waals surface area contributed by atoms with Crippen molar-refractivity contribution < 1.29 is 4.79 Å². The van der Waals surface area contributed by atoms with Crippen molar-refractivity contribution in [1.82, 2.24) is 9.97 Å². The van der Waals surface area contributed by atoms with Gasteiger partial charge in [0.1, 0.15) is 0 Å². The van der Waals surface area contributed by atoms with E-state index >= 15 is 0 Å². The molecule has 5 nitrogen and oxygen atoms in total. The lowest BCUT2D eigenvalue weighted by Gasteiger charge is -2.09. The van der Waals surface area contributed by atoms with Crippen molar-refractivity contribution in [1.29, 1.82) is 0 Å². The number of anilines is 2. The summed E-state index contributed by atoms with van der Waals surface area (Å²) in [5, 5.41) is 5.97. The van der Waals surface area contributed by atoms with Crippen molar-refractivity contribution >= 4 is 17.5 Å². The molecule has 0 spiro atoms. The molecular weight excluding hydrogens is 264 g/mol. The van der Waals surface area contributed by atoms with Gasteiger partial charge in [-0.3, -0.25) is 4.79 Å². The van der Waals surface area contributed by atoms with Crippen molar-refractivity contribution in [2.75, 3.05) is 17.2 Å². The molecule has 5 heteroatoms. The van der Waals surface area contributed by atoms with Crippen molar-refractivity contribution in [2.24, 2.45) is 5.92 Å². The number of hydrogen-bond donors (Lipinski definition) is 2. The molecule has 2 N–H and O–H groups in total. The van der Waals surface area contributed by atoms with E-state index in [2.05, 4.69) is 34.4 Å². The number of nitrogens with one attached hydrogen (secondary N) is 2. The van der Waals surface area contributed by atoms with Crippen LogP contribution in [0, 0.1) is 12.8 Å². The smallest absolute Gasteiger partial charge is 0.258 e. The molecule has 0 aliphatic carbocycles. The van der Waals surface area contributed by atoms with E-state index in [1.807, 2.05) is 31.2 Å². The monoisotopic (exact) mass is 284 g/mol. The summed E-state index contributed by atoms with van der Waals surface area (Å²) in [4.78, 5) is 20.4. The maximum absolute atomic E-state index is 12.1. The standard InChI is InChI=1S/C16H20N4O/c1-11(2)8-17-16-18-9-13(10-19-16)15(21)20-14-7-5-4-6-12(14)3/h4-7,9-11H,8H2,1-3H3,(H,20,21)(H,17,18,19). The van der Waals surface area contributed by atoms with E-state index in [0.29, 0.717) is 17.4 Å². The van der Waals surface area contributed by atoms with Crippen LogP contribution in [-0.2, 0) is 0 Å². The highest BCUT2D eigenvalue weighted by Gasteiger charge is 2.09. The van der Waals surface area contributed by atoms with E-state index in [9.17, 15) is 4.79 Å². The Morgan fingerprint density at radius 2 is 1.86 bits per heavy atom. The van der Waals surface area contributed by atoms with E-state index in [1.165, 1.54) is 12.4 Å². The second kappa shape index (κ2) is 6.83. The molecular formula is C16H20N4O. The fraction of sp³-hybridized carbons (Fsp3) is 0.312. The van der Waals surface area contributed by atoms with Gasteiger partial charge in [-0.2, -0.15) is 0 Å². The van der Waals surface area contributed by atoms with E-state index < -0.39 is 0 Å². The summed E-state index contributed by atoms with van der Waals surface area (Å²) in [5.41, 5.74) is 2.25. The van der Waals surface area contributed by atoms with Crippen molar-refractivity contribution in [2.45, 2.75) is 20.8 Å². The molecule has 1 aromatic heterocycles. The Labute approximate surface area is 124 Å². The van der Waals surface area contributed by atoms with Crippen LogP contribution in [0.2, 0.25) is 0 Å². The fourth-order valence-corrected chi connectivity index (χ4v) is 1.74. The Balaban J connectivity index is 2.01. The first kappa shape index (κ1) is 15.0. The third-order valence-electron chi connectivity index (χ3n) is 2.98. The summed E-state index contributed by atoms with van der Waals surface area (Å²) in [6.07, 6.45) is 3.06. The van der Waals surface area contributed by atoms with Gasteiger partial charge in [0.15, 0.2) is 0 Å². The number of benzene rings is 1. The van der Waals surface area contributed by atoms with Gasteiger partial charge in [0.25, 0.3) is 5.91 Å². The second-order valence-electron chi connectivity index (χ2n) is 5.34. The predicted octanol–water partition coefficient (Wildman–Crippen LogP) is 3.11. The van der Waals surface area contributed by atoms with Crippen LogP contribution in [0.15, 0.2) is 36.7 Å². The number of aromatic nitrogens is 2.